The summed E-state index contributed by atoms with van der Waals surface area (Å²) >= 11 is 0. The van der Waals surface area contributed by atoms with Crippen LogP contribution in [0.25, 0.3) is 11.6 Å². The number of nitriles is 1. The van der Waals surface area contributed by atoms with Crippen LogP contribution in [0.4, 0.5) is 10.5 Å². The van der Waals surface area contributed by atoms with Crippen molar-refractivity contribution in [1.82, 2.24) is 19.7 Å². The first-order valence-corrected chi connectivity index (χ1v) is 9.40. The number of fused-ring (bicyclic) bond motifs is 1. The van der Waals surface area contributed by atoms with Gasteiger partial charge in [0.2, 0.25) is 0 Å². The van der Waals surface area contributed by atoms with Crippen molar-refractivity contribution in [3.8, 4) is 6.07 Å². The molecule has 1 aliphatic carbocycles. The van der Waals surface area contributed by atoms with Crippen LogP contribution in [-0.2, 0) is 18.2 Å². The van der Waals surface area contributed by atoms with Crippen molar-refractivity contribution < 1.29 is 9.53 Å². The SMILES string of the molecule is CCOC(=O)N1CCN(c2ccnc3c2C=C(c2cnn(C)c2C#N)C3)CC1. The standard InChI is InChI=1S/C20H22N6O2/c1-3-28-20(27)26-8-6-25(7-9-26)18-4-5-22-17-11-14(10-15(17)18)16-13-23-24(2)19(16)12-21/h4-5,10,13H,3,6-9,11H2,1-2H3. The monoisotopic (exact) mass is 378 g/mol. The second-order valence-corrected chi connectivity index (χ2v) is 6.85. The van der Waals surface area contributed by atoms with E-state index < -0.39 is 0 Å². The molecule has 2 aromatic rings. The molecule has 28 heavy (non-hydrogen) atoms. The molecular formula is C20H22N6O2. The first-order valence-electron chi connectivity index (χ1n) is 9.40. The zero-order valence-corrected chi connectivity index (χ0v) is 16.1. The molecule has 0 radical (unpaired) electrons. The summed E-state index contributed by atoms with van der Waals surface area (Å²) in [6.45, 7) is 4.97. The number of aromatic nitrogens is 3. The van der Waals surface area contributed by atoms with Crippen molar-refractivity contribution in [1.29, 1.82) is 5.26 Å². The topological polar surface area (TPSA) is 87.3 Å². The molecule has 4 rings (SSSR count). The van der Waals surface area contributed by atoms with Crippen LogP contribution in [0, 0.1) is 11.3 Å². The highest BCUT2D eigenvalue weighted by Crippen LogP contribution is 2.37. The zero-order valence-electron chi connectivity index (χ0n) is 16.1. The summed E-state index contributed by atoms with van der Waals surface area (Å²) in [6.07, 6.45) is 6.13. The number of carbonyl (C=O) groups is 1. The normalized spacial score (nSPS) is 15.8. The zero-order chi connectivity index (χ0) is 19.7. The second kappa shape index (κ2) is 7.35. The van der Waals surface area contributed by atoms with Gasteiger partial charge in [-0.1, -0.05) is 0 Å². The minimum absolute atomic E-state index is 0.245. The highest BCUT2D eigenvalue weighted by atomic mass is 16.6. The Morgan fingerprint density at radius 3 is 2.82 bits per heavy atom. The molecule has 1 fully saturated rings. The number of piperazine rings is 1. The molecule has 2 aliphatic rings. The van der Waals surface area contributed by atoms with E-state index in [-0.39, 0.29) is 6.09 Å². The van der Waals surface area contributed by atoms with E-state index in [9.17, 15) is 10.1 Å². The molecular weight excluding hydrogens is 356 g/mol. The second-order valence-electron chi connectivity index (χ2n) is 6.85. The molecule has 0 aromatic carbocycles. The number of ether oxygens (including phenoxy) is 1. The van der Waals surface area contributed by atoms with Crippen LogP contribution in [0.1, 0.15) is 29.4 Å². The van der Waals surface area contributed by atoms with Gasteiger partial charge in [-0.3, -0.25) is 9.67 Å². The van der Waals surface area contributed by atoms with E-state index in [0.29, 0.717) is 31.8 Å². The summed E-state index contributed by atoms with van der Waals surface area (Å²) in [5.74, 6) is 0. The van der Waals surface area contributed by atoms with Crippen molar-refractivity contribution in [2.45, 2.75) is 13.3 Å². The highest BCUT2D eigenvalue weighted by molar-refractivity contribution is 5.92. The fraction of sp³-hybridized carbons (Fsp3) is 0.400. The molecule has 0 N–H and O–H groups in total. The van der Waals surface area contributed by atoms with Crippen molar-refractivity contribution in [2.24, 2.45) is 7.05 Å². The lowest BCUT2D eigenvalue weighted by molar-refractivity contribution is 0.105. The van der Waals surface area contributed by atoms with E-state index in [4.69, 9.17) is 4.74 Å². The predicted octanol–water partition coefficient (Wildman–Crippen LogP) is 2.06. The first kappa shape index (κ1) is 18.0. The predicted molar refractivity (Wildman–Crippen MR) is 105 cm³/mol. The van der Waals surface area contributed by atoms with Gasteiger partial charge < -0.3 is 14.5 Å². The van der Waals surface area contributed by atoms with Crippen LogP contribution in [0.15, 0.2) is 18.5 Å². The molecule has 8 nitrogen and oxygen atoms in total. The van der Waals surface area contributed by atoms with Crippen molar-refractivity contribution in [3.05, 3.63) is 41.0 Å². The summed E-state index contributed by atoms with van der Waals surface area (Å²) in [6, 6.07) is 4.25. The Kier molecular flexibility index (Phi) is 4.74. The Bertz CT molecular complexity index is 979. The third-order valence-electron chi connectivity index (χ3n) is 5.26. The quantitative estimate of drug-likeness (QED) is 0.812. The fourth-order valence-electron chi connectivity index (χ4n) is 3.81. The van der Waals surface area contributed by atoms with Crippen LogP contribution in [0.5, 0.6) is 0 Å². The molecule has 0 bridgehead atoms. The van der Waals surface area contributed by atoms with Crippen molar-refractivity contribution >= 4 is 23.4 Å². The van der Waals surface area contributed by atoms with Crippen molar-refractivity contribution in [2.75, 3.05) is 37.7 Å². The smallest absolute Gasteiger partial charge is 0.409 e. The number of hydrogen-bond donors (Lipinski definition) is 0. The number of pyridine rings is 1. The van der Waals surface area contributed by atoms with Gasteiger partial charge in [-0.15, -0.1) is 0 Å². The van der Waals surface area contributed by atoms with Gasteiger partial charge in [0, 0.05) is 62.7 Å². The molecule has 1 aliphatic heterocycles. The Morgan fingerprint density at radius 2 is 2.11 bits per heavy atom. The van der Waals surface area contributed by atoms with Crippen LogP contribution < -0.4 is 4.90 Å². The van der Waals surface area contributed by atoms with Crippen LogP contribution in [-0.4, -0.2) is 58.5 Å². The highest BCUT2D eigenvalue weighted by Gasteiger charge is 2.27. The average molecular weight is 378 g/mol. The average Bonchev–Trinajstić information content (AvgIpc) is 3.30. The number of carbonyl (C=O) groups excluding carboxylic acids is 1. The Hall–Kier alpha value is -3.34. The lowest BCUT2D eigenvalue weighted by Crippen LogP contribution is -2.49. The molecule has 8 heteroatoms. The van der Waals surface area contributed by atoms with E-state index in [2.05, 4.69) is 27.1 Å². The maximum absolute atomic E-state index is 11.9. The summed E-state index contributed by atoms with van der Waals surface area (Å²) in [4.78, 5) is 20.5. The molecule has 0 saturated carbocycles. The summed E-state index contributed by atoms with van der Waals surface area (Å²) in [5.41, 5.74) is 5.70. The van der Waals surface area contributed by atoms with Gasteiger partial charge in [-0.25, -0.2) is 4.79 Å². The minimum atomic E-state index is -0.245. The molecule has 144 valence electrons. The lowest BCUT2D eigenvalue weighted by atomic mass is 10.1. The molecule has 1 amide bonds. The van der Waals surface area contributed by atoms with Gasteiger partial charge >= 0.3 is 6.09 Å². The van der Waals surface area contributed by atoms with E-state index in [0.717, 1.165) is 41.2 Å². The van der Waals surface area contributed by atoms with Crippen LogP contribution >= 0.6 is 0 Å². The molecule has 3 heterocycles. The maximum Gasteiger partial charge on any atom is 0.409 e. The Morgan fingerprint density at radius 1 is 1.32 bits per heavy atom. The van der Waals surface area contributed by atoms with Gasteiger partial charge in [0.25, 0.3) is 0 Å². The number of hydrogen-bond acceptors (Lipinski definition) is 6. The van der Waals surface area contributed by atoms with Crippen LogP contribution in [0.2, 0.25) is 0 Å². The van der Waals surface area contributed by atoms with Gasteiger partial charge in [-0.05, 0) is 24.6 Å². The number of amides is 1. The third kappa shape index (κ3) is 3.09. The number of allylic oxidation sites excluding steroid dienone is 1. The Balaban J connectivity index is 1.57. The molecule has 1 saturated heterocycles. The van der Waals surface area contributed by atoms with E-state index in [1.807, 2.05) is 19.2 Å². The largest absolute Gasteiger partial charge is 0.450 e. The third-order valence-corrected chi connectivity index (χ3v) is 5.26. The molecule has 0 unspecified atom stereocenters. The number of aryl methyl sites for hydroxylation is 1. The van der Waals surface area contributed by atoms with Gasteiger partial charge in [0.05, 0.1) is 18.5 Å². The molecule has 0 spiro atoms. The van der Waals surface area contributed by atoms with Gasteiger partial charge in [0.1, 0.15) is 11.8 Å². The number of nitrogens with zero attached hydrogens (tertiary/aromatic N) is 6. The van der Waals surface area contributed by atoms with Gasteiger partial charge in [0.15, 0.2) is 0 Å². The number of rotatable bonds is 3. The van der Waals surface area contributed by atoms with E-state index in [1.54, 1.807) is 22.8 Å². The lowest BCUT2D eigenvalue weighted by Gasteiger charge is -2.36. The van der Waals surface area contributed by atoms with E-state index in [1.165, 1.54) is 0 Å². The Labute approximate surface area is 163 Å². The molecule has 0 atom stereocenters. The number of anilines is 1. The van der Waals surface area contributed by atoms with Crippen molar-refractivity contribution in [3.63, 3.8) is 0 Å². The summed E-state index contributed by atoms with van der Waals surface area (Å²) in [5, 5.41) is 13.6. The molecule has 2 aromatic heterocycles. The summed E-state index contributed by atoms with van der Waals surface area (Å²) in [7, 11) is 1.78. The summed E-state index contributed by atoms with van der Waals surface area (Å²) < 4.78 is 6.70. The first-order chi connectivity index (χ1) is 13.6. The van der Waals surface area contributed by atoms with E-state index >= 15 is 0 Å². The van der Waals surface area contributed by atoms with Gasteiger partial charge in [-0.2, -0.15) is 10.4 Å². The van der Waals surface area contributed by atoms with Crippen LogP contribution in [0.3, 0.4) is 0 Å². The fourth-order valence-corrected chi connectivity index (χ4v) is 3.81. The minimum Gasteiger partial charge on any atom is -0.450 e. The maximum atomic E-state index is 11.9.